The maximum atomic E-state index is 12.4. The molecule has 0 fully saturated rings. The minimum atomic E-state index is -4.72. The summed E-state index contributed by atoms with van der Waals surface area (Å²) in [6.07, 6.45) is 0. The molecule has 10 heteroatoms. The summed E-state index contributed by atoms with van der Waals surface area (Å²) in [6, 6.07) is 2.67. The third kappa shape index (κ3) is 4.78. The highest BCUT2D eigenvalue weighted by Gasteiger charge is 2.32. The van der Waals surface area contributed by atoms with Gasteiger partial charge in [-0.05, 0) is 17.8 Å². The van der Waals surface area contributed by atoms with E-state index in [2.05, 4.69) is 9.47 Å². The molecule has 21 heavy (non-hydrogen) atoms. The lowest BCUT2D eigenvalue weighted by Crippen LogP contribution is -2.11. The van der Waals surface area contributed by atoms with Crippen LogP contribution in [0.1, 0.15) is 15.9 Å². The van der Waals surface area contributed by atoms with Crippen molar-refractivity contribution in [3.8, 4) is 11.8 Å². The van der Waals surface area contributed by atoms with Crippen molar-refractivity contribution in [1.29, 1.82) is 5.26 Å². The molecule has 0 aliphatic rings. The number of methoxy groups -OCH3 is 1. The summed E-state index contributed by atoms with van der Waals surface area (Å²) in [5.74, 6) is -1.90. The summed E-state index contributed by atoms with van der Waals surface area (Å²) in [7, 11) is 0.920. The molecule has 1 aromatic rings. The fourth-order valence-corrected chi connectivity index (χ4v) is 1.96. The molecular formula is C11H6F5NO3S. The van der Waals surface area contributed by atoms with Crippen LogP contribution in [0.5, 0.6) is 5.75 Å². The molecule has 0 spiro atoms. The molecule has 0 heterocycles. The molecule has 1 aromatic carbocycles. The van der Waals surface area contributed by atoms with Crippen molar-refractivity contribution >= 4 is 17.7 Å². The van der Waals surface area contributed by atoms with Crippen LogP contribution in [0.15, 0.2) is 17.0 Å². The largest absolute Gasteiger partial charge is 0.465 e. The fraction of sp³-hybridized carbons (Fsp3) is 0.273. The first-order valence-corrected chi connectivity index (χ1v) is 5.86. The number of nitriles is 1. The van der Waals surface area contributed by atoms with Crippen LogP contribution >= 0.6 is 11.8 Å². The summed E-state index contributed by atoms with van der Waals surface area (Å²) >= 11 is -0.652. The topological polar surface area (TPSA) is 59.3 Å². The number of nitrogens with zero attached hydrogens (tertiary/aromatic N) is 1. The summed E-state index contributed by atoms with van der Waals surface area (Å²) < 4.78 is 69.9. The van der Waals surface area contributed by atoms with Gasteiger partial charge in [-0.1, -0.05) is 0 Å². The van der Waals surface area contributed by atoms with Gasteiger partial charge in [0.25, 0.3) is 0 Å². The first-order valence-electron chi connectivity index (χ1n) is 5.05. The Bertz CT molecular complexity index is 582. The van der Waals surface area contributed by atoms with E-state index in [-0.39, 0.29) is 0 Å². The van der Waals surface area contributed by atoms with Crippen molar-refractivity contribution < 1.29 is 36.2 Å². The van der Waals surface area contributed by atoms with Gasteiger partial charge in [0.15, 0.2) is 0 Å². The van der Waals surface area contributed by atoms with E-state index in [1.807, 2.05) is 0 Å². The molecule has 0 radical (unpaired) electrons. The highest BCUT2D eigenvalue weighted by molar-refractivity contribution is 8.00. The summed E-state index contributed by atoms with van der Waals surface area (Å²) in [5, 5.41) is 8.77. The number of carbonyl (C=O) groups excluding carboxylic acids is 1. The molecule has 0 N–H and O–H groups in total. The normalized spacial score (nSPS) is 11.1. The Labute approximate surface area is 119 Å². The Morgan fingerprint density at radius 2 is 2.00 bits per heavy atom. The van der Waals surface area contributed by atoms with E-state index in [0.717, 1.165) is 7.11 Å². The van der Waals surface area contributed by atoms with E-state index in [1.54, 1.807) is 0 Å². The monoisotopic (exact) mass is 327 g/mol. The first-order chi connectivity index (χ1) is 9.67. The van der Waals surface area contributed by atoms with Gasteiger partial charge < -0.3 is 9.47 Å². The van der Waals surface area contributed by atoms with E-state index in [9.17, 15) is 26.7 Å². The molecular weight excluding hydrogens is 321 g/mol. The van der Waals surface area contributed by atoms with Gasteiger partial charge >= 0.3 is 18.1 Å². The number of carbonyl (C=O) groups is 1. The van der Waals surface area contributed by atoms with Crippen molar-refractivity contribution in [3.63, 3.8) is 0 Å². The molecule has 0 aliphatic carbocycles. The first kappa shape index (κ1) is 17.0. The molecule has 4 nitrogen and oxygen atoms in total. The lowest BCUT2D eigenvalue weighted by Gasteiger charge is -2.13. The van der Waals surface area contributed by atoms with Crippen LogP contribution in [0, 0.1) is 11.3 Å². The zero-order valence-electron chi connectivity index (χ0n) is 10.2. The van der Waals surface area contributed by atoms with Crippen molar-refractivity contribution in [1.82, 2.24) is 0 Å². The minimum absolute atomic E-state index is 0.555. The van der Waals surface area contributed by atoms with Gasteiger partial charge in [0.2, 0.25) is 0 Å². The van der Waals surface area contributed by atoms with Gasteiger partial charge in [0, 0.05) is 11.0 Å². The molecule has 0 aliphatic heterocycles. The van der Waals surface area contributed by atoms with E-state index in [1.165, 1.54) is 6.07 Å². The number of esters is 1. The Kier molecular flexibility index (Phi) is 5.37. The number of rotatable bonds is 4. The van der Waals surface area contributed by atoms with Gasteiger partial charge in [-0.2, -0.15) is 27.2 Å². The Morgan fingerprint density at radius 1 is 1.38 bits per heavy atom. The minimum Gasteiger partial charge on any atom is -0.465 e. The molecule has 0 saturated heterocycles. The maximum absolute atomic E-state index is 12.4. The van der Waals surface area contributed by atoms with E-state index >= 15 is 0 Å². The Hall–Kier alpha value is -2.02. The number of hydrogen-bond donors (Lipinski definition) is 0. The second-order valence-electron chi connectivity index (χ2n) is 3.37. The third-order valence-corrected chi connectivity index (χ3v) is 2.84. The molecule has 0 atom stereocenters. The Balaban J connectivity index is 3.41. The number of alkyl halides is 5. The lowest BCUT2D eigenvalue weighted by molar-refractivity contribution is -0.0505. The van der Waals surface area contributed by atoms with Crippen LogP contribution in [0.2, 0.25) is 0 Å². The fourth-order valence-electron chi connectivity index (χ4n) is 1.32. The number of ether oxygens (including phenoxy) is 2. The van der Waals surface area contributed by atoms with Gasteiger partial charge in [0.05, 0.1) is 12.7 Å². The van der Waals surface area contributed by atoms with Gasteiger partial charge in [-0.3, -0.25) is 0 Å². The van der Waals surface area contributed by atoms with Crippen molar-refractivity contribution in [2.24, 2.45) is 0 Å². The summed E-state index contributed by atoms with van der Waals surface area (Å²) in [5.41, 5.74) is -5.91. The van der Waals surface area contributed by atoms with Crippen LogP contribution in [0.3, 0.4) is 0 Å². The van der Waals surface area contributed by atoms with Crippen LogP contribution < -0.4 is 4.74 Å². The zero-order valence-corrected chi connectivity index (χ0v) is 11.0. The lowest BCUT2D eigenvalue weighted by atomic mass is 10.1. The number of benzene rings is 1. The van der Waals surface area contributed by atoms with E-state index in [0.29, 0.717) is 12.1 Å². The summed E-state index contributed by atoms with van der Waals surface area (Å²) in [4.78, 5) is 10.8. The number of halogens is 5. The zero-order chi connectivity index (χ0) is 16.2. The van der Waals surface area contributed by atoms with Crippen LogP contribution in [0.25, 0.3) is 0 Å². The second kappa shape index (κ2) is 6.62. The Morgan fingerprint density at radius 3 is 2.43 bits per heavy atom. The SMILES string of the molecule is COC(=O)c1cc(SC(F)(F)F)c(C#N)cc1OC(F)F. The predicted molar refractivity (Wildman–Crippen MR) is 61.0 cm³/mol. The highest BCUT2D eigenvalue weighted by atomic mass is 32.2. The second-order valence-corrected chi connectivity index (χ2v) is 4.48. The average molecular weight is 327 g/mol. The van der Waals surface area contributed by atoms with Gasteiger partial charge in [-0.15, -0.1) is 0 Å². The highest BCUT2D eigenvalue weighted by Crippen LogP contribution is 2.40. The van der Waals surface area contributed by atoms with Crippen molar-refractivity contribution in [3.05, 3.63) is 23.3 Å². The van der Waals surface area contributed by atoms with Crippen molar-refractivity contribution in [2.75, 3.05) is 7.11 Å². The predicted octanol–water partition coefficient (Wildman–Crippen LogP) is 3.56. The van der Waals surface area contributed by atoms with E-state index in [4.69, 9.17) is 5.26 Å². The maximum Gasteiger partial charge on any atom is 0.446 e. The van der Waals surface area contributed by atoms with Crippen LogP contribution in [-0.2, 0) is 4.74 Å². The van der Waals surface area contributed by atoms with Crippen LogP contribution in [-0.4, -0.2) is 25.2 Å². The number of thioether (sulfide) groups is 1. The van der Waals surface area contributed by atoms with Crippen LogP contribution in [0.4, 0.5) is 22.0 Å². The third-order valence-electron chi connectivity index (χ3n) is 2.05. The molecule has 1 rings (SSSR count). The van der Waals surface area contributed by atoms with Crippen molar-refractivity contribution in [2.45, 2.75) is 17.0 Å². The quantitative estimate of drug-likeness (QED) is 0.481. The smallest absolute Gasteiger partial charge is 0.446 e. The van der Waals surface area contributed by atoms with E-state index < -0.39 is 51.6 Å². The van der Waals surface area contributed by atoms with Gasteiger partial charge in [0.1, 0.15) is 17.4 Å². The molecule has 0 aromatic heterocycles. The molecule has 114 valence electrons. The average Bonchev–Trinajstić information content (AvgIpc) is 2.36. The summed E-state index contributed by atoms with van der Waals surface area (Å²) in [6.45, 7) is -3.32. The molecule has 0 unspecified atom stereocenters. The molecule has 0 bridgehead atoms. The van der Waals surface area contributed by atoms with Gasteiger partial charge in [-0.25, -0.2) is 4.79 Å². The standard InChI is InChI=1S/C11H6F5NO3S/c1-19-9(18)6-3-8(21-11(14,15)16)5(4-17)2-7(6)20-10(12)13/h2-3,10H,1H3. The molecule has 0 amide bonds. The number of hydrogen-bond acceptors (Lipinski definition) is 5. The molecule has 0 saturated carbocycles.